The Hall–Kier alpha value is -1.79. The summed E-state index contributed by atoms with van der Waals surface area (Å²) in [5.74, 6) is 0.358. The van der Waals surface area contributed by atoms with Crippen molar-refractivity contribution in [2.75, 3.05) is 40.6 Å². The van der Waals surface area contributed by atoms with Gasteiger partial charge in [0.25, 0.3) is 16.0 Å². The van der Waals surface area contributed by atoms with Gasteiger partial charge in [-0.25, -0.2) is 0 Å². The van der Waals surface area contributed by atoms with E-state index in [0.717, 1.165) is 19.1 Å². The zero-order valence-electron chi connectivity index (χ0n) is 20.0. The number of carbonyl (C=O) groups excluding carboxylic acids is 1. The molecule has 4 rings (SSSR count). The fourth-order valence-corrected chi connectivity index (χ4v) is 5.44. The average molecular weight is 499 g/mol. The zero-order valence-corrected chi connectivity index (χ0v) is 20.8. The van der Waals surface area contributed by atoms with Gasteiger partial charge in [0.1, 0.15) is 19.3 Å². The van der Waals surface area contributed by atoms with Crippen molar-refractivity contribution in [2.45, 2.75) is 62.7 Å². The third-order valence-corrected chi connectivity index (χ3v) is 7.73. The maximum Gasteiger partial charge on any atom is 0.264 e. The first-order chi connectivity index (χ1) is 16.2. The van der Waals surface area contributed by atoms with Gasteiger partial charge in [-0.2, -0.15) is 8.42 Å². The minimum Gasteiger partial charge on any atom is -0.490 e. The van der Waals surface area contributed by atoms with Crippen LogP contribution in [0.25, 0.3) is 0 Å². The van der Waals surface area contributed by atoms with E-state index in [2.05, 4.69) is 4.98 Å². The van der Waals surface area contributed by atoms with Crippen LogP contribution in [0, 0.1) is 5.41 Å². The first-order valence-electron chi connectivity index (χ1n) is 11.6. The smallest absolute Gasteiger partial charge is 0.264 e. The molecule has 11 heteroatoms. The van der Waals surface area contributed by atoms with E-state index in [0.29, 0.717) is 16.9 Å². The molecular weight excluding hydrogens is 464 g/mol. The molecule has 2 saturated carbocycles. The first kappa shape index (κ1) is 25.3. The Balaban J connectivity index is 1.50. The quantitative estimate of drug-likeness (QED) is 0.242. The van der Waals surface area contributed by atoms with E-state index < -0.39 is 21.8 Å². The predicted molar refractivity (Wildman–Crippen MR) is 121 cm³/mol. The topological polar surface area (TPSA) is 113 Å². The van der Waals surface area contributed by atoms with E-state index in [1.54, 1.807) is 6.20 Å². The van der Waals surface area contributed by atoms with Crippen molar-refractivity contribution >= 4 is 16.0 Å². The first-order valence-corrected chi connectivity index (χ1v) is 13.4. The van der Waals surface area contributed by atoms with Crippen molar-refractivity contribution in [3.05, 3.63) is 24.0 Å². The zero-order chi connectivity index (χ0) is 24.4. The molecule has 0 aromatic carbocycles. The van der Waals surface area contributed by atoms with Crippen molar-refractivity contribution in [1.82, 2.24) is 9.88 Å². The van der Waals surface area contributed by atoms with Crippen LogP contribution in [0.2, 0.25) is 0 Å². The van der Waals surface area contributed by atoms with Gasteiger partial charge in [-0.3, -0.25) is 14.0 Å². The second kappa shape index (κ2) is 10.1. The molecule has 10 nitrogen and oxygen atoms in total. The molecule has 0 bridgehead atoms. The molecule has 190 valence electrons. The Morgan fingerprint density at radius 1 is 1.15 bits per heavy atom. The third-order valence-electron chi connectivity index (χ3n) is 7.16. The summed E-state index contributed by atoms with van der Waals surface area (Å²) >= 11 is 0. The molecule has 0 radical (unpaired) electrons. The molecule has 0 N–H and O–H groups in total. The number of pyridine rings is 1. The molecule has 3 fully saturated rings. The molecule has 1 aromatic heterocycles. The van der Waals surface area contributed by atoms with Gasteiger partial charge >= 0.3 is 0 Å². The summed E-state index contributed by atoms with van der Waals surface area (Å²) in [6.07, 6.45) is 10.1. The third kappa shape index (κ3) is 5.54. The van der Waals surface area contributed by atoms with Crippen molar-refractivity contribution in [2.24, 2.45) is 5.41 Å². The second-order valence-electron chi connectivity index (χ2n) is 9.61. The molecule has 34 heavy (non-hydrogen) atoms. The van der Waals surface area contributed by atoms with Crippen molar-refractivity contribution in [1.29, 1.82) is 0 Å². The maximum absolute atomic E-state index is 13.2. The van der Waals surface area contributed by atoms with Gasteiger partial charge in [0.2, 0.25) is 0 Å². The van der Waals surface area contributed by atoms with Gasteiger partial charge in [-0.1, -0.05) is 0 Å². The minimum absolute atomic E-state index is 0.0194. The number of nitrogens with zero attached hydrogens (tertiary/aromatic N) is 2. The Morgan fingerprint density at radius 3 is 2.50 bits per heavy atom. The van der Waals surface area contributed by atoms with E-state index in [1.165, 1.54) is 44.8 Å². The van der Waals surface area contributed by atoms with E-state index >= 15 is 0 Å². The minimum atomic E-state index is -3.72. The highest BCUT2D eigenvalue weighted by atomic mass is 32.2. The number of carbonyl (C=O) groups is 1. The summed E-state index contributed by atoms with van der Waals surface area (Å²) in [5, 5.41) is 0. The highest BCUT2D eigenvalue weighted by Crippen LogP contribution is 2.56. The molecule has 1 aromatic rings. The monoisotopic (exact) mass is 498 g/mol. The molecule has 2 aliphatic carbocycles. The summed E-state index contributed by atoms with van der Waals surface area (Å²) in [5.41, 5.74) is -0.206. The van der Waals surface area contributed by atoms with Crippen molar-refractivity contribution in [3.63, 3.8) is 0 Å². The molecule has 1 spiro atoms. The summed E-state index contributed by atoms with van der Waals surface area (Å²) in [4.78, 5) is 19.0. The lowest BCUT2D eigenvalue weighted by molar-refractivity contribution is -0.236. The van der Waals surface area contributed by atoms with Crippen LogP contribution in [-0.2, 0) is 39.7 Å². The number of hydrogen-bond donors (Lipinski definition) is 0. The largest absolute Gasteiger partial charge is 0.490 e. The molecule has 0 unspecified atom stereocenters. The van der Waals surface area contributed by atoms with Gasteiger partial charge in [-0.05, 0) is 50.0 Å². The molecular formula is C23H34N2O8S. The Bertz CT molecular complexity index is 973. The van der Waals surface area contributed by atoms with E-state index in [9.17, 15) is 13.2 Å². The number of β-lactam (4-membered cyclic amide) rings is 1. The molecule has 1 aliphatic heterocycles. The van der Waals surface area contributed by atoms with Crippen LogP contribution in [0.5, 0.6) is 5.75 Å². The molecule has 2 atom stereocenters. The van der Waals surface area contributed by atoms with E-state index in [4.69, 9.17) is 23.1 Å². The van der Waals surface area contributed by atoms with Gasteiger partial charge in [-0.15, -0.1) is 0 Å². The summed E-state index contributed by atoms with van der Waals surface area (Å²) < 4.78 is 50.6. The van der Waals surface area contributed by atoms with Crippen molar-refractivity contribution < 1.29 is 36.3 Å². The molecule has 3 aliphatic rings. The lowest BCUT2D eigenvalue weighted by Gasteiger charge is -2.54. The van der Waals surface area contributed by atoms with Crippen LogP contribution in [-0.4, -0.2) is 82.6 Å². The summed E-state index contributed by atoms with van der Waals surface area (Å²) in [6.45, 7) is -0.436. The number of hydrogen-bond acceptors (Lipinski definition) is 9. The standard InChI is InChI=1S/C23H34N2O8S/c1-29-15-25-20(14-32-34(3,27)28)23(21(25)26,31-16-30-2)13-17-12-19(6-11-24-17)33-18-4-7-22(8-5-18)9-10-22/h6,11-12,18,20H,4-5,7-10,13-16H2,1-3H3/t20-,23+/m0/s1. The van der Waals surface area contributed by atoms with Crippen LogP contribution in [0.4, 0.5) is 0 Å². The highest BCUT2D eigenvalue weighted by Gasteiger charge is 2.62. The van der Waals surface area contributed by atoms with Gasteiger partial charge in [0.05, 0.1) is 25.0 Å². The molecule has 2 heterocycles. The van der Waals surface area contributed by atoms with Gasteiger partial charge < -0.3 is 23.8 Å². The van der Waals surface area contributed by atoms with E-state index in [1.807, 2.05) is 12.1 Å². The average Bonchev–Trinajstić information content (AvgIpc) is 3.56. The Labute approximate surface area is 201 Å². The number of likely N-dealkylation sites (tertiary alicyclic amines) is 1. The molecule has 1 saturated heterocycles. The lowest BCUT2D eigenvalue weighted by Crippen LogP contribution is -2.77. The van der Waals surface area contributed by atoms with E-state index in [-0.39, 0.29) is 38.6 Å². The Kier molecular flexibility index (Phi) is 7.49. The van der Waals surface area contributed by atoms with Gasteiger partial charge in [0.15, 0.2) is 5.60 Å². The van der Waals surface area contributed by atoms with Crippen LogP contribution in [0.15, 0.2) is 18.3 Å². The van der Waals surface area contributed by atoms with Crippen LogP contribution < -0.4 is 4.74 Å². The maximum atomic E-state index is 13.2. The summed E-state index contributed by atoms with van der Waals surface area (Å²) in [7, 11) is -0.815. The van der Waals surface area contributed by atoms with Crippen molar-refractivity contribution in [3.8, 4) is 5.75 Å². The van der Waals surface area contributed by atoms with Crippen LogP contribution >= 0.6 is 0 Å². The number of amides is 1. The van der Waals surface area contributed by atoms with Gasteiger partial charge in [0, 0.05) is 38.6 Å². The normalized spacial score (nSPS) is 26.5. The lowest BCUT2D eigenvalue weighted by atomic mass is 9.78. The molecule has 1 amide bonds. The van der Waals surface area contributed by atoms with Crippen LogP contribution in [0.1, 0.15) is 44.2 Å². The number of ether oxygens (including phenoxy) is 4. The highest BCUT2D eigenvalue weighted by molar-refractivity contribution is 7.85. The summed E-state index contributed by atoms with van der Waals surface area (Å²) in [6, 6.07) is 2.93. The number of methoxy groups -OCH3 is 2. The second-order valence-corrected chi connectivity index (χ2v) is 11.3. The predicted octanol–water partition coefficient (Wildman–Crippen LogP) is 1.88. The Morgan fingerprint density at radius 2 is 1.88 bits per heavy atom. The number of aromatic nitrogens is 1. The fraction of sp³-hybridized carbons (Fsp3) is 0.739. The fourth-order valence-electron chi connectivity index (χ4n) is 5.07. The SMILES string of the molecule is COCO[C@@]1(Cc2cc(OC3CCC4(CC3)CC4)ccn2)C(=O)N(COC)[C@H]1COS(C)(=O)=O. The number of rotatable bonds is 12. The van der Waals surface area contributed by atoms with Crippen LogP contribution in [0.3, 0.4) is 0 Å².